The van der Waals surface area contributed by atoms with Crippen molar-refractivity contribution < 1.29 is 44.6 Å². The summed E-state index contributed by atoms with van der Waals surface area (Å²) in [5.74, 6) is -2.72. The van der Waals surface area contributed by atoms with Crippen molar-refractivity contribution in [3.63, 3.8) is 0 Å². The van der Waals surface area contributed by atoms with E-state index in [2.05, 4.69) is 32.4 Å². The fourth-order valence-electron chi connectivity index (χ4n) is 1.41. The molecule has 188 valence electrons. The summed E-state index contributed by atoms with van der Waals surface area (Å²) in [7, 11) is 0. The molecule has 9 heteroatoms. The number of aliphatic hydroxyl groups is 4. The van der Waals surface area contributed by atoms with Gasteiger partial charge in [-0.05, 0) is 46.5 Å². The summed E-state index contributed by atoms with van der Waals surface area (Å²) < 4.78 is 9.36. The molecule has 0 aromatic carbocycles. The lowest BCUT2D eigenvalue weighted by atomic mass is 10.1. The van der Waals surface area contributed by atoms with E-state index in [0.29, 0.717) is 0 Å². The van der Waals surface area contributed by atoms with Crippen LogP contribution in [0.15, 0.2) is 11.1 Å². The van der Waals surface area contributed by atoms with Gasteiger partial charge in [0.15, 0.2) is 12.2 Å². The van der Waals surface area contributed by atoms with Crippen molar-refractivity contribution in [2.24, 2.45) is 5.92 Å². The fraction of sp³-hybridized carbons (Fsp3) is 0.818. The van der Waals surface area contributed by atoms with Crippen LogP contribution >= 0.6 is 0 Å². The first-order valence-electron chi connectivity index (χ1n) is 10.6. The van der Waals surface area contributed by atoms with E-state index in [-0.39, 0.29) is 25.7 Å². The summed E-state index contributed by atoms with van der Waals surface area (Å²) in [4.78, 5) is 21.1. The first kappa shape index (κ1) is 36.8. The molecule has 0 aliphatic rings. The van der Waals surface area contributed by atoms with Crippen LogP contribution in [0.3, 0.4) is 0 Å². The zero-order valence-electron chi connectivity index (χ0n) is 20.6. The third kappa shape index (κ3) is 28.5. The Morgan fingerprint density at radius 3 is 1.39 bits per heavy atom. The average molecular weight is 455 g/mol. The van der Waals surface area contributed by atoms with Crippen molar-refractivity contribution in [3.05, 3.63) is 11.1 Å². The minimum atomic E-state index is -2.14. The molecule has 0 aliphatic carbocycles. The van der Waals surface area contributed by atoms with Crippen molar-refractivity contribution in [3.8, 4) is 0 Å². The summed E-state index contributed by atoms with van der Waals surface area (Å²) in [6, 6.07) is 0. The third-order valence-electron chi connectivity index (χ3n) is 3.65. The molecular formula is C22H46O9. The lowest BCUT2D eigenvalue weighted by Gasteiger charge is -2.14. The van der Waals surface area contributed by atoms with E-state index < -0.39 is 24.1 Å². The van der Waals surface area contributed by atoms with Crippen LogP contribution in [-0.4, -0.2) is 82.7 Å². The molecule has 2 unspecified atom stereocenters. The molecule has 0 amide bonds. The second-order valence-electron chi connectivity index (χ2n) is 6.75. The predicted molar refractivity (Wildman–Crippen MR) is 121 cm³/mol. The van der Waals surface area contributed by atoms with Gasteiger partial charge >= 0.3 is 11.9 Å². The molecule has 0 aliphatic heterocycles. The summed E-state index contributed by atoms with van der Waals surface area (Å²) in [5.41, 5.74) is 3.10. The topological polar surface area (TPSA) is 154 Å². The second-order valence-corrected chi connectivity index (χ2v) is 6.75. The molecule has 0 heterocycles. The molecule has 0 saturated carbocycles. The zero-order valence-corrected chi connectivity index (χ0v) is 20.6. The highest BCUT2D eigenvalue weighted by molar-refractivity contribution is 5.84. The molecular weight excluding hydrogens is 408 g/mol. The fourth-order valence-corrected chi connectivity index (χ4v) is 1.41. The monoisotopic (exact) mass is 454 g/mol. The Morgan fingerprint density at radius 2 is 1.19 bits per heavy atom. The lowest BCUT2D eigenvalue weighted by molar-refractivity contribution is -0.170. The highest BCUT2D eigenvalue weighted by atomic mass is 16.6. The van der Waals surface area contributed by atoms with Gasteiger partial charge in [-0.25, -0.2) is 9.59 Å². The Labute approximate surface area is 187 Å². The second kappa shape index (κ2) is 26.5. The molecule has 0 spiro atoms. The van der Waals surface area contributed by atoms with Crippen molar-refractivity contribution >= 4 is 11.9 Å². The quantitative estimate of drug-likeness (QED) is 0.247. The molecule has 5 N–H and O–H groups in total. The summed E-state index contributed by atoms with van der Waals surface area (Å²) in [5, 5.41) is 41.3. The number of hydrogen-bond donors (Lipinski definition) is 5. The number of aliphatic hydroxyl groups excluding tert-OH is 4. The van der Waals surface area contributed by atoms with Crippen LogP contribution in [0.25, 0.3) is 0 Å². The van der Waals surface area contributed by atoms with Gasteiger partial charge in [0.05, 0.1) is 19.8 Å². The number of aliphatic carboxylic acids is 1. The van der Waals surface area contributed by atoms with E-state index in [4.69, 9.17) is 30.3 Å². The molecule has 9 nitrogen and oxygen atoms in total. The average Bonchev–Trinajstić information content (AvgIpc) is 2.76. The van der Waals surface area contributed by atoms with Gasteiger partial charge in [0, 0.05) is 13.2 Å². The number of allylic oxidation sites excluding steroid dienone is 2. The Hall–Kier alpha value is -1.52. The first-order valence-corrected chi connectivity index (χ1v) is 10.6. The number of carboxylic acid groups (broad SMARTS) is 1. The maximum absolute atomic E-state index is 10.9. The number of carbonyl (C=O) groups excluding carboxylic acids is 1. The number of ether oxygens (including phenoxy) is 2. The van der Waals surface area contributed by atoms with Gasteiger partial charge in [-0.3, -0.25) is 0 Å². The van der Waals surface area contributed by atoms with E-state index >= 15 is 0 Å². The van der Waals surface area contributed by atoms with E-state index in [1.807, 2.05) is 13.8 Å². The van der Waals surface area contributed by atoms with Gasteiger partial charge in [0.2, 0.25) is 0 Å². The predicted octanol–water partition coefficient (Wildman–Crippen LogP) is 2.15. The van der Waals surface area contributed by atoms with Gasteiger partial charge in [0.25, 0.3) is 0 Å². The zero-order chi connectivity index (χ0) is 25.4. The van der Waals surface area contributed by atoms with Crippen LogP contribution < -0.4 is 0 Å². The van der Waals surface area contributed by atoms with Crippen LogP contribution in [0.5, 0.6) is 0 Å². The molecule has 0 radical (unpaired) electrons. The van der Waals surface area contributed by atoms with Crippen molar-refractivity contribution in [1.82, 2.24) is 0 Å². The Morgan fingerprint density at radius 1 is 0.806 bits per heavy atom. The number of carbonyl (C=O) groups is 2. The number of hydrogen-bond acceptors (Lipinski definition) is 8. The van der Waals surface area contributed by atoms with Gasteiger partial charge in [-0.2, -0.15) is 0 Å². The lowest BCUT2D eigenvalue weighted by Crippen LogP contribution is -2.40. The Bertz CT molecular complexity index is 432. The van der Waals surface area contributed by atoms with Gasteiger partial charge in [-0.15, -0.1) is 0 Å². The van der Waals surface area contributed by atoms with Crippen molar-refractivity contribution in [2.75, 3.05) is 33.0 Å². The molecule has 0 fully saturated rings. The van der Waals surface area contributed by atoms with Crippen LogP contribution in [0, 0.1) is 5.92 Å². The smallest absolute Gasteiger partial charge is 0.338 e. The van der Waals surface area contributed by atoms with Crippen molar-refractivity contribution in [1.29, 1.82) is 0 Å². The van der Waals surface area contributed by atoms with Crippen LogP contribution in [0.1, 0.15) is 68.2 Å². The summed E-state index contributed by atoms with van der Waals surface area (Å²) in [6.07, 6.45) is -1.76. The molecule has 0 aromatic rings. The maximum atomic E-state index is 10.9. The van der Waals surface area contributed by atoms with Crippen LogP contribution in [-0.2, 0) is 19.1 Å². The molecule has 0 saturated heterocycles. The molecule has 31 heavy (non-hydrogen) atoms. The van der Waals surface area contributed by atoms with E-state index in [0.717, 1.165) is 13.2 Å². The van der Waals surface area contributed by atoms with E-state index in [1.165, 1.54) is 12.8 Å². The first-order chi connectivity index (χ1) is 14.4. The SMILES string of the molecule is CC(C)COC(=O)C(O)C(O)C(=O)O.CC/C(C)=C(\C)CC.CCOCC.OCCO. The standard InChI is InChI=1S/C8H14O6.C8H16.C4H10O.C2H6O2/c1-4(2)3-14-8(13)6(10)5(9)7(11)12;1-5-7(3)8(4)6-2;1-3-5-4-2;3-1-2-4/h4-6,9-10H,3H2,1-2H3,(H,11,12);5-6H2,1-4H3;3-4H2,1-2H3;3-4H,1-2H2/b;8-7+;;. The van der Waals surface area contributed by atoms with Crippen LogP contribution in [0.4, 0.5) is 0 Å². The van der Waals surface area contributed by atoms with Gasteiger partial charge in [-0.1, -0.05) is 38.8 Å². The van der Waals surface area contributed by atoms with E-state index in [1.54, 1.807) is 25.0 Å². The van der Waals surface area contributed by atoms with Crippen molar-refractivity contribution in [2.45, 2.75) is 80.4 Å². The number of esters is 1. The Kier molecular flexibility index (Phi) is 31.5. The summed E-state index contributed by atoms with van der Waals surface area (Å²) in [6.45, 7) is 17.9. The number of carboxylic acids is 1. The van der Waals surface area contributed by atoms with Gasteiger partial charge in [0.1, 0.15) is 0 Å². The highest BCUT2D eigenvalue weighted by Gasteiger charge is 2.31. The van der Waals surface area contributed by atoms with E-state index in [9.17, 15) is 9.59 Å². The minimum Gasteiger partial charge on any atom is -0.479 e. The number of rotatable bonds is 10. The summed E-state index contributed by atoms with van der Waals surface area (Å²) >= 11 is 0. The largest absolute Gasteiger partial charge is 0.479 e. The molecule has 0 aromatic heterocycles. The molecule has 0 rings (SSSR count). The normalized spacial score (nSPS) is 12.5. The maximum Gasteiger partial charge on any atom is 0.338 e. The third-order valence-corrected chi connectivity index (χ3v) is 3.65. The highest BCUT2D eigenvalue weighted by Crippen LogP contribution is 2.09. The Balaban J connectivity index is -0.000000180. The minimum absolute atomic E-state index is 0.0717. The molecule has 2 atom stereocenters. The van der Waals surface area contributed by atoms with Crippen LogP contribution in [0.2, 0.25) is 0 Å². The van der Waals surface area contributed by atoms with Gasteiger partial charge < -0.3 is 35.0 Å². The molecule has 0 bridgehead atoms.